The van der Waals surface area contributed by atoms with Gasteiger partial charge in [-0.25, -0.2) is 4.79 Å². The number of hydrogen-bond acceptors (Lipinski definition) is 24. The average Bonchev–Trinajstić information content (AvgIpc) is 0.880. The predicted octanol–water partition coefficient (Wildman–Crippen LogP) is 7.19. The number of rotatable bonds is 23. The van der Waals surface area contributed by atoms with Crippen molar-refractivity contribution in [1.29, 1.82) is 0 Å². The van der Waals surface area contributed by atoms with Crippen molar-refractivity contribution in [3.8, 4) is 23.0 Å². The average molecular weight is 1400 g/mol. The number of benzene rings is 4. The Kier molecular flexibility index (Phi) is 53.2. The number of H-pyrrole nitrogens is 1. The second-order valence-corrected chi connectivity index (χ2v) is 17.4. The zero-order chi connectivity index (χ0) is 70.7. The fraction of sp³-hybridized carbons (Fsp3) is 0.387. The molecule has 0 atom stereocenters. The third-order valence-electron chi connectivity index (χ3n) is 11.4. The number of carbonyl (C=O) groups is 4. The third-order valence-corrected chi connectivity index (χ3v) is 11.4. The minimum absolute atomic E-state index is 0. The number of ketones is 1. The summed E-state index contributed by atoms with van der Waals surface area (Å²) < 4.78 is 48.9. The van der Waals surface area contributed by atoms with Crippen LogP contribution in [0.1, 0.15) is 65.7 Å². The quantitative estimate of drug-likeness (QED) is 0.00833. The van der Waals surface area contributed by atoms with E-state index in [2.05, 4.69) is 59.4 Å². The molecule has 4 aromatic carbocycles. The Bertz CT molecular complexity index is 3060. The maximum absolute atomic E-state index is 11.9. The van der Waals surface area contributed by atoms with Gasteiger partial charge in [0.15, 0.2) is 30.4 Å². The van der Waals surface area contributed by atoms with Crippen molar-refractivity contribution < 1.29 is 102 Å². The standard InChI is InChI=1S/C12H16N2O6.C12H18N2O4.C10H10N2O2.C8H7NO5.C6H15N.C5H5N.C4H11NO2.C3H6O.C2H3.Pd/c1-18-10-6-8(4-5-9(10)14(16)17)12(15)13-7-11(19-2)20-3;1-16-10-6-8(4-5-9(10)13)12(15)14-7-11(17-2)18-3;1-14-9-5-7-6(4-8(9)11)2-3-12-10(7)13;1-14-7-4-5(8(10)11)2-3-6(7)9(12)13;1-4-7(5-2)6-3;1-2-4-6-5-3-1;1-6-4(3-5)7-2;1-3(2)4;1-2;/h4-6,11H,7H2,1-3H3,(H,13,15);4-6,11H,7,13H2,1-3H3,(H,14,15);2-5H,11H2,1H3,(H,12,13);2-4H,1H3,(H,10,11);4-6H2,1-3H3;1-5H;4H,3,5H2,1-2H3;1-2H3;1H,2H2;/q;;;;;;;;-1;. The van der Waals surface area contributed by atoms with Gasteiger partial charge < -0.3 is 102 Å². The summed E-state index contributed by atoms with van der Waals surface area (Å²) in [4.78, 5) is 83.8. The van der Waals surface area contributed by atoms with Gasteiger partial charge in [-0.3, -0.25) is 46.2 Å². The molecule has 0 aliphatic carbocycles. The molecule has 0 aliphatic heterocycles. The number of aromatic carboxylic acids is 1. The molecule has 6 rings (SSSR count). The molecular formula is C62H91N10O20Pd-. The fourth-order valence-electron chi connectivity index (χ4n) is 6.55. The number of carboxylic acid groups (broad SMARTS) is 1. The fourth-order valence-corrected chi connectivity index (χ4v) is 6.55. The third kappa shape index (κ3) is 37.8. The first-order valence-electron chi connectivity index (χ1n) is 27.5. The Morgan fingerprint density at radius 2 is 0.978 bits per heavy atom. The predicted molar refractivity (Wildman–Crippen MR) is 350 cm³/mol. The van der Waals surface area contributed by atoms with E-state index in [0.29, 0.717) is 40.4 Å². The molecule has 0 spiro atoms. The topological polar surface area (TPSA) is 418 Å². The van der Waals surface area contributed by atoms with E-state index in [1.54, 1.807) is 69.2 Å². The summed E-state index contributed by atoms with van der Waals surface area (Å²) in [6, 6.07) is 23.0. The first-order valence-corrected chi connectivity index (χ1v) is 27.5. The number of carbonyl (C=O) groups excluding carboxylic acids is 3. The van der Waals surface area contributed by atoms with Gasteiger partial charge in [0.2, 0.25) is 0 Å². The first-order chi connectivity index (χ1) is 43.8. The summed E-state index contributed by atoms with van der Waals surface area (Å²) in [5.74, 6) is -0.678. The van der Waals surface area contributed by atoms with E-state index in [-0.39, 0.29) is 91.1 Å². The van der Waals surface area contributed by atoms with Crippen LogP contribution in [0.25, 0.3) is 10.8 Å². The number of nitrogens with two attached hydrogens (primary N) is 3. The van der Waals surface area contributed by atoms with E-state index < -0.39 is 34.3 Å². The van der Waals surface area contributed by atoms with Gasteiger partial charge in [0.25, 0.3) is 17.4 Å². The number of nitrogen functional groups attached to an aromatic ring is 2. The maximum Gasteiger partial charge on any atom is 0.335 e. The molecule has 0 saturated carbocycles. The maximum atomic E-state index is 11.9. The van der Waals surface area contributed by atoms with Crippen molar-refractivity contribution in [2.24, 2.45) is 5.73 Å². The SMILES string of the molecule is CC(C)=O.CCN(CC)CC.COC(CN)OC.COc1cc(C(=O)NCC(OC)OC)ccc1N.COc1cc(C(=O)NCC(OC)OC)ccc1[N+](=O)[O-].COc1cc(C(=O)O)ccc1[N+](=O)[O-].COc1cc2c(=O)[nH]ccc2cc1N.[CH-]=C.[Pd].c1ccncc1. The van der Waals surface area contributed by atoms with E-state index >= 15 is 0 Å². The van der Waals surface area contributed by atoms with Crippen LogP contribution in [0.3, 0.4) is 0 Å². The normalized spacial score (nSPS) is 9.63. The van der Waals surface area contributed by atoms with Crippen molar-refractivity contribution >= 4 is 57.1 Å². The Morgan fingerprint density at radius 1 is 0.602 bits per heavy atom. The molecule has 2 aromatic heterocycles. The largest absolute Gasteiger partial charge is 0.521 e. The van der Waals surface area contributed by atoms with E-state index in [0.717, 1.165) is 23.6 Å². The molecule has 520 valence electrons. The summed E-state index contributed by atoms with van der Waals surface area (Å²) in [6.07, 6.45) is 3.83. The molecule has 0 unspecified atom stereocenters. The number of Topliss-reactive ketones (excluding diaryl/α,β-unsaturated/α-hetero) is 1. The molecule has 6 aromatic rings. The zero-order valence-electron chi connectivity index (χ0n) is 55.2. The van der Waals surface area contributed by atoms with Gasteiger partial charge in [-0.05, 0) is 99.5 Å². The van der Waals surface area contributed by atoms with Gasteiger partial charge in [0, 0.05) is 124 Å². The Hall–Kier alpha value is -9.00. The van der Waals surface area contributed by atoms with Gasteiger partial charge in [0.05, 0.1) is 73.7 Å². The number of fused-ring (bicyclic) bond motifs is 1. The summed E-state index contributed by atoms with van der Waals surface area (Å²) in [5, 5.41) is 36.5. The summed E-state index contributed by atoms with van der Waals surface area (Å²) in [5.41, 5.74) is 17.6. The van der Waals surface area contributed by atoms with Crippen molar-refractivity contribution in [3.05, 3.63) is 170 Å². The monoisotopic (exact) mass is 1400 g/mol. The molecule has 0 bridgehead atoms. The Morgan fingerprint density at radius 3 is 1.29 bits per heavy atom. The minimum atomic E-state index is -1.15. The van der Waals surface area contributed by atoms with Crippen LogP contribution in [0.5, 0.6) is 23.0 Å². The number of aromatic nitrogens is 2. The van der Waals surface area contributed by atoms with E-state index in [1.807, 2.05) is 18.2 Å². The molecule has 0 saturated heterocycles. The number of nitro benzene ring substituents is 2. The van der Waals surface area contributed by atoms with Gasteiger partial charge in [-0.1, -0.05) is 26.8 Å². The number of nitrogens with zero attached hydrogens (tertiary/aromatic N) is 4. The summed E-state index contributed by atoms with van der Waals surface area (Å²) >= 11 is 0. The smallest absolute Gasteiger partial charge is 0.335 e. The van der Waals surface area contributed by atoms with Crippen LogP contribution in [-0.4, -0.2) is 183 Å². The first kappa shape index (κ1) is 90.4. The van der Waals surface area contributed by atoms with Gasteiger partial charge in [0.1, 0.15) is 17.3 Å². The van der Waals surface area contributed by atoms with Crippen molar-refractivity contribution in [1.82, 2.24) is 25.5 Å². The van der Waals surface area contributed by atoms with E-state index in [1.165, 1.54) is 109 Å². The van der Waals surface area contributed by atoms with Gasteiger partial charge in [-0.2, -0.15) is 0 Å². The molecule has 93 heavy (non-hydrogen) atoms. The zero-order valence-corrected chi connectivity index (χ0v) is 56.7. The van der Waals surface area contributed by atoms with Crippen LogP contribution in [0.4, 0.5) is 22.7 Å². The number of anilines is 2. The van der Waals surface area contributed by atoms with Crippen LogP contribution in [0, 0.1) is 26.8 Å². The molecule has 0 fully saturated rings. The number of hydrogen-bond donors (Lipinski definition) is 7. The number of amides is 2. The molecule has 30 nitrogen and oxygen atoms in total. The van der Waals surface area contributed by atoms with Crippen molar-refractivity contribution in [2.75, 3.05) is 122 Å². The number of methoxy groups -OCH3 is 10. The Balaban J connectivity index is -0.000000505. The molecule has 2 amide bonds. The number of nitro groups is 2. The molecule has 0 radical (unpaired) electrons. The van der Waals surface area contributed by atoms with Crippen LogP contribution in [0.2, 0.25) is 0 Å². The van der Waals surface area contributed by atoms with Crippen LogP contribution in [0.15, 0.2) is 121 Å². The van der Waals surface area contributed by atoms with E-state index in [4.69, 9.17) is 69.7 Å². The van der Waals surface area contributed by atoms with Crippen molar-refractivity contribution in [3.63, 3.8) is 0 Å². The summed E-state index contributed by atoms with van der Waals surface area (Å²) in [7, 11) is 14.6. The van der Waals surface area contributed by atoms with Crippen LogP contribution >= 0.6 is 0 Å². The molecule has 0 aliphatic rings. The number of ether oxygens (including phenoxy) is 10. The van der Waals surface area contributed by atoms with E-state index in [9.17, 15) is 44.2 Å². The Labute approximate surface area is 556 Å². The van der Waals surface area contributed by atoms with Crippen LogP contribution in [-0.2, 0) is 53.6 Å². The molecule has 10 N–H and O–H groups in total. The molecular weight excluding hydrogens is 1310 g/mol. The molecule has 2 heterocycles. The van der Waals surface area contributed by atoms with Gasteiger partial charge >= 0.3 is 17.3 Å². The second kappa shape index (κ2) is 54.7. The number of carboxylic acids is 1. The van der Waals surface area contributed by atoms with Gasteiger partial charge in [-0.15, -0.1) is 0 Å². The second-order valence-electron chi connectivity index (χ2n) is 17.4. The molecule has 31 heteroatoms. The minimum Gasteiger partial charge on any atom is -0.521 e. The number of aromatic amines is 1. The summed E-state index contributed by atoms with van der Waals surface area (Å²) in [6.45, 7) is 21.0. The number of nitrogens with one attached hydrogen (secondary N) is 3. The van der Waals surface area contributed by atoms with Crippen molar-refractivity contribution in [2.45, 2.75) is 53.5 Å². The van der Waals surface area contributed by atoms with Crippen LogP contribution < -0.4 is 52.3 Å². The number of pyridine rings is 2.